The molecule has 0 rings (SSSR count). The van der Waals surface area contributed by atoms with Gasteiger partial charge in [-0.05, 0) is 6.42 Å². The van der Waals surface area contributed by atoms with Crippen molar-refractivity contribution in [1.82, 2.24) is 0 Å². The van der Waals surface area contributed by atoms with Gasteiger partial charge in [-0.2, -0.15) is 0 Å². The number of rotatable bonds is 3. The Labute approximate surface area is 56.7 Å². The molecule has 0 bridgehead atoms. The number of halogens is 1. The van der Waals surface area contributed by atoms with Crippen molar-refractivity contribution in [2.24, 2.45) is 0 Å². The third-order valence-corrected chi connectivity index (χ3v) is 0.737. The second-order valence-electron chi connectivity index (χ2n) is 1.40. The Morgan fingerprint density at radius 2 is 1.86 bits per heavy atom. The van der Waals surface area contributed by atoms with Crippen LogP contribution in [-0.2, 0) is 0 Å². The number of hydrogen-bond donors (Lipinski definition) is 0. The first-order chi connectivity index (χ1) is 2.91. The molecule has 0 N–H and O–H groups in total. The van der Waals surface area contributed by atoms with E-state index in [-0.39, 0.29) is 25.5 Å². The van der Waals surface area contributed by atoms with Gasteiger partial charge in [-0.3, -0.25) is 4.39 Å². The molecule has 0 aliphatic carbocycles. The molecule has 0 saturated heterocycles. The fraction of sp³-hybridized carbons (Fsp3) is 1.00. The molecule has 0 aliphatic rings. The summed E-state index contributed by atoms with van der Waals surface area (Å²) >= 11 is 0. The van der Waals surface area contributed by atoms with Crippen molar-refractivity contribution in [1.29, 1.82) is 0 Å². The van der Waals surface area contributed by atoms with Gasteiger partial charge >= 0.3 is 18.9 Å². The zero-order chi connectivity index (χ0) is 4.83. The first kappa shape index (κ1) is 10.5. The number of hydrogen-bond acceptors (Lipinski definition) is 0. The minimum absolute atomic E-state index is 0. The zero-order valence-corrected chi connectivity index (χ0v) is 4.21. The summed E-state index contributed by atoms with van der Waals surface area (Å²) in [5.74, 6) is 0. The van der Waals surface area contributed by atoms with Crippen LogP contribution in [0, 0.1) is 0 Å². The van der Waals surface area contributed by atoms with Gasteiger partial charge in [0.2, 0.25) is 0 Å². The van der Waals surface area contributed by atoms with Crippen LogP contribution in [0.3, 0.4) is 0 Å². The third kappa shape index (κ3) is 10.8. The molecule has 0 amide bonds. The first-order valence-corrected chi connectivity index (χ1v) is 2.47. The summed E-state index contributed by atoms with van der Waals surface area (Å²) in [6, 6.07) is 0. The molecule has 0 spiro atoms. The summed E-state index contributed by atoms with van der Waals surface area (Å²) in [4.78, 5) is 0. The Morgan fingerprint density at radius 1 is 1.29 bits per heavy atom. The van der Waals surface area contributed by atoms with Crippen molar-refractivity contribution in [3.05, 3.63) is 0 Å². The van der Waals surface area contributed by atoms with Crippen LogP contribution in [0.25, 0.3) is 0 Å². The van der Waals surface area contributed by atoms with Gasteiger partial charge in [-0.15, -0.1) is 0 Å². The normalized spacial score (nSPS) is 7.71. The summed E-state index contributed by atoms with van der Waals surface area (Å²) in [5, 5.41) is 0. The van der Waals surface area contributed by atoms with E-state index in [1.54, 1.807) is 0 Å². The van der Waals surface area contributed by atoms with Gasteiger partial charge < -0.3 is 0 Å². The molecule has 0 aliphatic heterocycles. The summed E-state index contributed by atoms with van der Waals surface area (Å²) in [6.07, 6.45) is 2.90. The van der Waals surface area contributed by atoms with Crippen molar-refractivity contribution >= 4 is 18.9 Å². The molecule has 0 aromatic rings. The van der Waals surface area contributed by atoms with Crippen LogP contribution < -0.4 is 0 Å². The number of alkyl halides is 1. The van der Waals surface area contributed by atoms with E-state index in [1.165, 1.54) is 0 Å². The second-order valence-corrected chi connectivity index (χ2v) is 1.40. The van der Waals surface area contributed by atoms with Crippen LogP contribution in [-0.4, -0.2) is 25.5 Å². The Kier molecular flexibility index (Phi) is 14.6. The summed E-state index contributed by atoms with van der Waals surface area (Å²) in [6.45, 7) is 1.92. The Hall–Kier alpha value is 0.527. The monoisotopic (exact) mass is 98.1 g/mol. The van der Waals surface area contributed by atoms with E-state index in [1.807, 2.05) is 0 Å². The Morgan fingerprint density at radius 3 is 2.00 bits per heavy atom. The summed E-state index contributed by atoms with van der Waals surface area (Å²) < 4.78 is 11.2. The van der Waals surface area contributed by atoms with Gasteiger partial charge in [-0.1, -0.05) is 19.8 Å². The molecule has 7 heavy (non-hydrogen) atoms. The van der Waals surface area contributed by atoms with E-state index >= 15 is 0 Å². The molecule has 0 aromatic heterocycles. The van der Waals surface area contributed by atoms with Gasteiger partial charge in [0.25, 0.3) is 0 Å². The molecule has 0 atom stereocenters. The van der Waals surface area contributed by atoms with Gasteiger partial charge in [0.05, 0.1) is 6.67 Å². The average Bonchev–Trinajstić information content (AvgIpc) is 1.61. The molecule has 0 unspecified atom stereocenters. The van der Waals surface area contributed by atoms with Gasteiger partial charge in [0, 0.05) is 0 Å². The van der Waals surface area contributed by atoms with E-state index in [0.717, 1.165) is 19.3 Å². The molecule has 2 heteroatoms. The molecular formula is C5H12FLi. The van der Waals surface area contributed by atoms with Crippen LogP contribution in [0.5, 0.6) is 0 Å². The molecule has 0 aromatic carbocycles. The van der Waals surface area contributed by atoms with E-state index in [9.17, 15) is 4.39 Å². The molecule has 0 nitrogen and oxygen atoms in total. The molecule has 0 heterocycles. The standard InChI is InChI=1S/C5H11F.Li.H/c1-2-3-4-5-6;;/h2-5H2,1H3;;. The van der Waals surface area contributed by atoms with Crippen LogP contribution in [0.4, 0.5) is 4.39 Å². The molecule has 0 fully saturated rings. The van der Waals surface area contributed by atoms with Crippen molar-refractivity contribution in [3.8, 4) is 0 Å². The van der Waals surface area contributed by atoms with Crippen LogP contribution in [0.1, 0.15) is 26.2 Å². The average molecular weight is 98.1 g/mol. The van der Waals surface area contributed by atoms with Crippen molar-refractivity contribution < 1.29 is 4.39 Å². The molecule has 40 valence electrons. The Balaban J connectivity index is 0. The minimum atomic E-state index is -0.145. The van der Waals surface area contributed by atoms with E-state index in [2.05, 4.69) is 6.92 Å². The fourth-order valence-corrected chi connectivity index (χ4v) is 0.344. The predicted octanol–water partition coefficient (Wildman–Crippen LogP) is 1.50. The van der Waals surface area contributed by atoms with E-state index in [0.29, 0.717) is 0 Å². The van der Waals surface area contributed by atoms with E-state index < -0.39 is 0 Å². The second kappa shape index (κ2) is 9.73. The van der Waals surface area contributed by atoms with Crippen molar-refractivity contribution in [3.63, 3.8) is 0 Å². The van der Waals surface area contributed by atoms with Crippen LogP contribution in [0.2, 0.25) is 0 Å². The quantitative estimate of drug-likeness (QED) is 0.370. The zero-order valence-electron chi connectivity index (χ0n) is 4.21. The van der Waals surface area contributed by atoms with Crippen LogP contribution in [0.15, 0.2) is 0 Å². The first-order valence-electron chi connectivity index (χ1n) is 2.47. The maximum absolute atomic E-state index is 11.2. The summed E-state index contributed by atoms with van der Waals surface area (Å²) in [5.41, 5.74) is 0. The molecule has 0 saturated carbocycles. The molecule has 0 radical (unpaired) electrons. The van der Waals surface area contributed by atoms with Gasteiger partial charge in [0.15, 0.2) is 0 Å². The van der Waals surface area contributed by atoms with Crippen molar-refractivity contribution in [2.45, 2.75) is 26.2 Å². The van der Waals surface area contributed by atoms with Gasteiger partial charge in [0.1, 0.15) is 0 Å². The SMILES string of the molecule is CCCCCF.[LiH]. The fourth-order valence-electron chi connectivity index (χ4n) is 0.344. The van der Waals surface area contributed by atoms with Gasteiger partial charge in [-0.25, -0.2) is 0 Å². The number of unbranched alkanes of at least 4 members (excludes halogenated alkanes) is 2. The Bertz CT molecular complexity index is 20.0. The van der Waals surface area contributed by atoms with Crippen LogP contribution >= 0.6 is 0 Å². The molecular weight excluding hydrogens is 86.0 g/mol. The topological polar surface area (TPSA) is 0 Å². The third-order valence-electron chi connectivity index (χ3n) is 0.737. The maximum atomic E-state index is 11.2. The van der Waals surface area contributed by atoms with E-state index in [4.69, 9.17) is 0 Å². The summed E-state index contributed by atoms with van der Waals surface area (Å²) in [7, 11) is 0. The van der Waals surface area contributed by atoms with Crippen molar-refractivity contribution in [2.75, 3.05) is 6.67 Å². The predicted molar refractivity (Wildman–Crippen MR) is 32.6 cm³/mol.